The number of benzene rings is 1. The van der Waals surface area contributed by atoms with Crippen LogP contribution in [0.1, 0.15) is 25.0 Å². The Balaban J connectivity index is 0.00000338. The molecule has 1 aromatic heterocycles. The number of guanidine groups is 1. The maximum absolute atomic E-state index is 5.49. The molecule has 144 valence electrons. The third-order valence-electron chi connectivity index (χ3n) is 3.70. The van der Waals surface area contributed by atoms with Crippen molar-refractivity contribution >= 4 is 29.9 Å². The van der Waals surface area contributed by atoms with Gasteiger partial charge < -0.3 is 15.0 Å². The number of hydrogen-bond donors (Lipinski definition) is 1. The third-order valence-corrected chi connectivity index (χ3v) is 3.70. The summed E-state index contributed by atoms with van der Waals surface area (Å²) in [6, 6.07) is 8.21. The van der Waals surface area contributed by atoms with E-state index >= 15 is 0 Å². The smallest absolute Gasteiger partial charge is 0.194 e. The van der Waals surface area contributed by atoms with Crippen LogP contribution < -0.4 is 10.1 Å². The lowest BCUT2D eigenvalue weighted by Gasteiger charge is -2.22. The molecule has 2 aromatic rings. The summed E-state index contributed by atoms with van der Waals surface area (Å²) >= 11 is 0. The molecule has 0 radical (unpaired) electrons. The molecule has 26 heavy (non-hydrogen) atoms. The van der Waals surface area contributed by atoms with Crippen LogP contribution in [0, 0.1) is 6.92 Å². The van der Waals surface area contributed by atoms with Gasteiger partial charge >= 0.3 is 0 Å². The Kier molecular flexibility index (Phi) is 10.1. The molecular formula is C19H30IN5O. The van der Waals surface area contributed by atoms with Crippen LogP contribution in [0.2, 0.25) is 0 Å². The molecule has 2 rings (SSSR count). The van der Waals surface area contributed by atoms with Gasteiger partial charge in [-0.05, 0) is 44.0 Å². The molecule has 6 nitrogen and oxygen atoms in total. The maximum atomic E-state index is 5.49. The fraction of sp³-hybridized carbons (Fsp3) is 0.474. The van der Waals surface area contributed by atoms with Crippen molar-refractivity contribution in [3.63, 3.8) is 0 Å². The fourth-order valence-corrected chi connectivity index (χ4v) is 2.52. The number of hydrogen-bond acceptors (Lipinski definition) is 3. The summed E-state index contributed by atoms with van der Waals surface area (Å²) in [6.45, 7) is 9.90. The second-order valence-electron chi connectivity index (χ2n) is 5.95. The molecular weight excluding hydrogens is 441 g/mol. The van der Waals surface area contributed by atoms with Crippen LogP contribution in [-0.2, 0) is 13.1 Å². The van der Waals surface area contributed by atoms with Gasteiger partial charge in [-0.25, -0.2) is 0 Å². The number of aromatic nitrogens is 2. The molecule has 0 unspecified atom stereocenters. The molecule has 0 atom stereocenters. The zero-order valence-electron chi connectivity index (χ0n) is 16.1. The van der Waals surface area contributed by atoms with E-state index in [4.69, 9.17) is 9.73 Å². The van der Waals surface area contributed by atoms with Gasteiger partial charge in [-0.1, -0.05) is 12.1 Å². The molecule has 0 aliphatic carbocycles. The molecule has 0 saturated heterocycles. The molecule has 0 aliphatic heterocycles. The van der Waals surface area contributed by atoms with E-state index < -0.39 is 0 Å². The van der Waals surface area contributed by atoms with Crippen molar-refractivity contribution in [1.29, 1.82) is 0 Å². The highest BCUT2D eigenvalue weighted by molar-refractivity contribution is 14.0. The first-order valence-electron chi connectivity index (χ1n) is 8.82. The minimum atomic E-state index is 0. The monoisotopic (exact) mass is 471 g/mol. The Morgan fingerprint density at radius 2 is 2.00 bits per heavy atom. The number of ether oxygens (including phenoxy) is 1. The average Bonchev–Trinajstić information content (AvgIpc) is 3.01. The molecule has 0 spiro atoms. The second-order valence-corrected chi connectivity index (χ2v) is 5.95. The van der Waals surface area contributed by atoms with Crippen LogP contribution in [-0.4, -0.2) is 47.4 Å². The topological polar surface area (TPSA) is 54.7 Å². The van der Waals surface area contributed by atoms with Crippen molar-refractivity contribution in [2.75, 3.05) is 26.7 Å². The lowest BCUT2D eigenvalue weighted by Crippen LogP contribution is -2.38. The number of aryl methyl sites for hydroxylation is 1. The molecule has 0 bridgehead atoms. The molecule has 1 heterocycles. The Bertz CT molecular complexity index is 669. The number of nitrogens with zero attached hydrogens (tertiary/aromatic N) is 4. The van der Waals surface area contributed by atoms with Gasteiger partial charge in [-0.15, -0.1) is 24.0 Å². The highest BCUT2D eigenvalue weighted by Crippen LogP contribution is 2.13. The lowest BCUT2D eigenvalue weighted by molar-refractivity contribution is 0.340. The summed E-state index contributed by atoms with van der Waals surface area (Å²) in [4.78, 5) is 6.84. The van der Waals surface area contributed by atoms with Gasteiger partial charge in [-0.2, -0.15) is 5.10 Å². The highest BCUT2D eigenvalue weighted by Gasteiger charge is 2.07. The molecule has 1 N–H and O–H groups in total. The van der Waals surface area contributed by atoms with E-state index in [1.165, 1.54) is 11.1 Å². The van der Waals surface area contributed by atoms with E-state index in [0.29, 0.717) is 13.2 Å². The maximum Gasteiger partial charge on any atom is 0.194 e. The van der Waals surface area contributed by atoms with E-state index in [1.54, 1.807) is 0 Å². The van der Waals surface area contributed by atoms with Crippen LogP contribution in [0.3, 0.4) is 0 Å². The van der Waals surface area contributed by atoms with Crippen LogP contribution in [0.25, 0.3) is 0 Å². The summed E-state index contributed by atoms with van der Waals surface area (Å²) in [5, 5.41) is 7.64. The van der Waals surface area contributed by atoms with Crippen LogP contribution in [0.15, 0.2) is 41.7 Å². The largest absolute Gasteiger partial charge is 0.494 e. The minimum Gasteiger partial charge on any atom is -0.494 e. The van der Waals surface area contributed by atoms with Gasteiger partial charge in [0.05, 0.1) is 25.9 Å². The number of nitrogens with one attached hydrogen (secondary N) is 1. The normalized spacial score (nSPS) is 11.0. The summed E-state index contributed by atoms with van der Waals surface area (Å²) < 4.78 is 7.42. The SMILES string of the molecule is CCNC(=NCCn1cc(C)cn1)N(C)Cc1ccc(OCC)cc1.I. The Labute approximate surface area is 173 Å². The van der Waals surface area contributed by atoms with Crippen molar-refractivity contribution < 1.29 is 4.74 Å². The Hall–Kier alpha value is -1.77. The first kappa shape index (κ1) is 22.3. The van der Waals surface area contributed by atoms with Crippen molar-refractivity contribution in [2.24, 2.45) is 4.99 Å². The van der Waals surface area contributed by atoms with Crippen LogP contribution >= 0.6 is 24.0 Å². The predicted octanol–water partition coefficient (Wildman–Crippen LogP) is 3.31. The minimum absolute atomic E-state index is 0. The van der Waals surface area contributed by atoms with Crippen molar-refractivity contribution in [3.8, 4) is 5.75 Å². The summed E-state index contributed by atoms with van der Waals surface area (Å²) in [5.74, 6) is 1.81. The molecule has 0 amide bonds. The van der Waals surface area contributed by atoms with Crippen molar-refractivity contribution in [3.05, 3.63) is 47.8 Å². The van der Waals surface area contributed by atoms with Crippen molar-refractivity contribution in [1.82, 2.24) is 20.0 Å². The third kappa shape index (κ3) is 7.23. The Morgan fingerprint density at radius 3 is 2.58 bits per heavy atom. The summed E-state index contributed by atoms with van der Waals surface area (Å²) in [6.07, 6.45) is 3.90. The van der Waals surface area contributed by atoms with Gasteiger partial charge in [0, 0.05) is 26.3 Å². The van der Waals surface area contributed by atoms with Gasteiger partial charge in [-0.3, -0.25) is 9.67 Å². The zero-order valence-corrected chi connectivity index (χ0v) is 18.4. The highest BCUT2D eigenvalue weighted by atomic mass is 127. The number of halogens is 1. The standard InChI is InChI=1S/C19H29N5O.HI/c1-5-20-19(21-11-12-24-14-16(3)13-22-24)23(4)15-17-7-9-18(10-8-17)25-6-2;/h7-10,13-14H,5-6,11-12,15H2,1-4H3,(H,20,21);1H. The molecule has 1 aromatic carbocycles. The average molecular weight is 471 g/mol. The molecule has 0 saturated carbocycles. The van der Waals surface area contributed by atoms with E-state index in [0.717, 1.165) is 31.3 Å². The first-order valence-corrected chi connectivity index (χ1v) is 8.82. The van der Waals surface area contributed by atoms with E-state index in [2.05, 4.69) is 41.4 Å². The van der Waals surface area contributed by atoms with E-state index in [1.807, 2.05) is 43.1 Å². The summed E-state index contributed by atoms with van der Waals surface area (Å²) in [5.41, 5.74) is 2.39. The van der Waals surface area contributed by atoms with Gasteiger partial charge in [0.25, 0.3) is 0 Å². The van der Waals surface area contributed by atoms with Crippen molar-refractivity contribution in [2.45, 2.75) is 33.9 Å². The second kappa shape index (κ2) is 11.8. The first-order chi connectivity index (χ1) is 12.1. The van der Waals surface area contributed by atoms with E-state index in [-0.39, 0.29) is 24.0 Å². The van der Waals surface area contributed by atoms with Gasteiger partial charge in [0.1, 0.15) is 5.75 Å². The van der Waals surface area contributed by atoms with Gasteiger partial charge in [0.15, 0.2) is 5.96 Å². The van der Waals surface area contributed by atoms with Crippen LogP contribution in [0.5, 0.6) is 5.75 Å². The number of rotatable bonds is 8. The van der Waals surface area contributed by atoms with E-state index in [9.17, 15) is 0 Å². The molecule has 0 fully saturated rings. The molecule has 0 aliphatic rings. The predicted molar refractivity (Wildman–Crippen MR) is 117 cm³/mol. The lowest BCUT2D eigenvalue weighted by atomic mass is 10.2. The fourth-order valence-electron chi connectivity index (χ4n) is 2.52. The summed E-state index contributed by atoms with van der Waals surface area (Å²) in [7, 11) is 2.05. The van der Waals surface area contributed by atoms with Crippen LogP contribution in [0.4, 0.5) is 0 Å². The molecule has 7 heteroatoms. The van der Waals surface area contributed by atoms with Gasteiger partial charge in [0.2, 0.25) is 0 Å². The number of aliphatic imine (C=N–C) groups is 1. The zero-order chi connectivity index (χ0) is 18.1. The Morgan fingerprint density at radius 1 is 1.27 bits per heavy atom. The quantitative estimate of drug-likeness (QED) is 0.365.